The van der Waals surface area contributed by atoms with E-state index in [0.29, 0.717) is 10.6 Å². The largest absolute Gasteiger partial charge is 0.468 e. The highest BCUT2D eigenvalue weighted by Crippen LogP contribution is 2.12. The summed E-state index contributed by atoms with van der Waals surface area (Å²) in [4.78, 5) is 35.8. The van der Waals surface area contributed by atoms with E-state index >= 15 is 0 Å². The number of amides is 1. The molecule has 0 unspecified atom stereocenters. The fourth-order valence-corrected chi connectivity index (χ4v) is 1.66. The van der Waals surface area contributed by atoms with E-state index in [1.165, 1.54) is 19.1 Å². The maximum atomic E-state index is 11.9. The monoisotopic (exact) mass is 297 g/mol. The van der Waals surface area contributed by atoms with Crippen molar-refractivity contribution in [1.82, 2.24) is 4.90 Å². The molecule has 0 aromatic heterocycles. The molecule has 6 heteroatoms. The summed E-state index contributed by atoms with van der Waals surface area (Å²) in [5.74, 6) is -0.913. The number of carbonyl (C=O) groups is 3. The molecule has 1 amide bonds. The molecule has 0 bridgehead atoms. The van der Waals surface area contributed by atoms with E-state index in [9.17, 15) is 14.4 Å². The van der Waals surface area contributed by atoms with Crippen molar-refractivity contribution >= 4 is 29.3 Å². The van der Waals surface area contributed by atoms with Gasteiger partial charge in [0.1, 0.15) is 6.54 Å². The number of Topliss-reactive ketones (excluding diaryl/α,β-unsaturated/α-hetero) is 1. The minimum Gasteiger partial charge on any atom is -0.468 e. The second kappa shape index (κ2) is 7.65. The second-order valence-corrected chi connectivity index (χ2v) is 4.69. The molecule has 1 aromatic carbocycles. The zero-order valence-electron chi connectivity index (χ0n) is 11.4. The lowest BCUT2D eigenvalue weighted by molar-refractivity contribution is -0.146. The van der Waals surface area contributed by atoms with Gasteiger partial charge in [0.25, 0.3) is 0 Å². The van der Waals surface area contributed by atoms with Gasteiger partial charge in [-0.15, -0.1) is 0 Å². The summed E-state index contributed by atoms with van der Waals surface area (Å²) in [6, 6.07) is 6.49. The Morgan fingerprint density at radius 3 is 2.30 bits per heavy atom. The number of hydrogen-bond acceptors (Lipinski definition) is 4. The first-order valence-electron chi connectivity index (χ1n) is 6.03. The number of carbonyl (C=O) groups excluding carboxylic acids is 3. The van der Waals surface area contributed by atoms with Crippen LogP contribution in [0.2, 0.25) is 5.02 Å². The van der Waals surface area contributed by atoms with Crippen LogP contribution in [0.3, 0.4) is 0 Å². The van der Waals surface area contributed by atoms with Crippen LogP contribution in [-0.4, -0.2) is 43.3 Å². The first-order chi connectivity index (χ1) is 9.43. The zero-order valence-corrected chi connectivity index (χ0v) is 12.1. The van der Waals surface area contributed by atoms with Gasteiger partial charge in [0, 0.05) is 30.5 Å². The Morgan fingerprint density at radius 1 is 1.15 bits per heavy atom. The third kappa shape index (κ3) is 5.01. The van der Waals surface area contributed by atoms with Crippen molar-refractivity contribution in [2.24, 2.45) is 0 Å². The number of benzene rings is 1. The average molecular weight is 298 g/mol. The Balaban J connectivity index is 2.46. The first kappa shape index (κ1) is 16.2. The van der Waals surface area contributed by atoms with Crippen LogP contribution in [-0.2, 0) is 14.3 Å². The molecular weight excluding hydrogens is 282 g/mol. The summed E-state index contributed by atoms with van der Waals surface area (Å²) >= 11 is 5.73. The van der Waals surface area contributed by atoms with Crippen molar-refractivity contribution in [1.29, 1.82) is 0 Å². The standard InChI is InChI=1S/C14H16ClNO4/c1-16(9-14(19)20-2)13(18)8-7-12(17)10-3-5-11(15)6-4-10/h3-6H,7-9H2,1-2H3. The van der Waals surface area contributed by atoms with Crippen LogP contribution in [0, 0.1) is 0 Å². The molecule has 0 saturated heterocycles. The summed E-state index contributed by atoms with van der Waals surface area (Å²) in [5.41, 5.74) is 0.512. The quantitative estimate of drug-likeness (QED) is 0.594. The highest BCUT2D eigenvalue weighted by atomic mass is 35.5. The Labute approximate surface area is 122 Å². The number of nitrogens with zero attached hydrogens (tertiary/aromatic N) is 1. The van der Waals surface area contributed by atoms with Gasteiger partial charge in [-0.2, -0.15) is 0 Å². The van der Waals surface area contributed by atoms with E-state index < -0.39 is 5.97 Å². The molecule has 0 heterocycles. The molecule has 0 aliphatic carbocycles. The van der Waals surface area contributed by atoms with Crippen LogP contribution in [0.25, 0.3) is 0 Å². The average Bonchev–Trinajstić information content (AvgIpc) is 2.44. The predicted molar refractivity (Wildman–Crippen MR) is 74.7 cm³/mol. The number of esters is 1. The van der Waals surface area contributed by atoms with Gasteiger partial charge in [0.15, 0.2) is 5.78 Å². The molecule has 20 heavy (non-hydrogen) atoms. The predicted octanol–water partition coefficient (Wildman–Crippen LogP) is 1.93. The van der Waals surface area contributed by atoms with Crippen LogP contribution in [0.15, 0.2) is 24.3 Å². The Kier molecular flexibility index (Phi) is 6.18. The van der Waals surface area contributed by atoms with E-state index in [4.69, 9.17) is 11.6 Å². The highest BCUT2D eigenvalue weighted by molar-refractivity contribution is 6.30. The van der Waals surface area contributed by atoms with Crippen LogP contribution >= 0.6 is 11.6 Å². The third-order valence-corrected chi connectivity index (χ3v) is 3.00. The van der Waals surface area contributed by atoms with Gasteiger partial charge in [-0.3, -0.25) is 14.4 Å². The minimum absolute atomic E-state index is 0.0505. The molecule has 1 aromatic rings. The smallest absolute Gasteiger partial charge is 0.325 e. The maximum absolute atomic E-state index is 11.9. The van der Waals surface area contributed by atoms with Crippen LogP contribution in [0.5, 0.6) is 0 Å². The lowest BCUT2D eigenvalue weighted by Gasteiger charge is -2.15. The topological polar surface area (TPSA) is 63.7 Å². The lowest BCUT2D eigenvalue weighted by atomic mass is 10.1. The Bertz CT molecular complexity index is 498. The van der Waals surface area contributed by atoms with E-state index in [1.807, 2.05) is 0 Å². The molecule has 0 radical (unpaired) electrons. The number of ether oxygens (including phenoxy) is 1. The second-order valence-electron chi connectivity index (χ2n) is 4.26. The van der Waals surface area contributed by atoms with E-state index in [1.54, 1.807) is 24.3 Å². The van der Waals surface area contributed by atoms with Crippen molar-refractivity contribution in [3.63, 3.8) is 0 Å². The van der Waals surface area contributed by atoms with Gasteiger partial charge >= 0.3 is 5.97 Å². The molecule has 0 spiro atoms. The molecule has 0 fully saturated rings. The molecule has 108 valence electrons. The van der Waals surface area contributed by atoms with Crippen molar-refractivity contribution in [3.8, 4) is 0 Å². The molecule has 0 aliphatic heterocycles. The fraction of sp³-hybridized carbons (Fsp3) is 0.357. The molecule has 0 saturated carbocycles. The minimum atomic E-state index is -0.495. The first-order valence-corrected chi connectivity index (χ1v) is 6.41. The van der Waals surface area contributed by atoms with Crippen molar-refractivity contribution < 1.29 is 19.1 Å². The third-order valence-electron chi connectivity index (χ3n) is 2.75. The van der Waals surface area contributed by atoms with E-state index in [-0.39, 0.29) is 31.1 Å². The lowest BCUT2D eigenvalue weighted by Crippen LogP contribution is -2.32. The molecular formula is C14H16ClNO4. The Hall–Kier alpha value is -1.88. The van der Waals surface area contributed by atoms with E-state index in [0.717, 1.165) is 0 Å². The SMILES string of the molecule is COC(=O)CN(C)C(=O)CCC(=O)c1ccc(Cl)cc1. The number of ketones is 1. The number of hydrogen-bond donors (Lipinski definition) is 0. The van der Waals surface area contributed by atoms with E-state index in [2.05, 4.69) is 4.74 Å². The summed E-state index contributed by atoms with van der Waals surface area (Å²) < 4.78 is 4.46. The van der Waals surface area contributed by atoms with Gasteiger partial charge in [-0.1, -0.05) is 11.6 Å². The summed E-state index contributed by atoms with van der Waals surface area (Å²) in [6.07, 6.45) is 0.140. The van der Waals surface area contributed by atoms with Crippen LogP contribution in [0.1, 0.15) is 23.2 Å². The van der Waals surface area contributed by atoms with Gasteiger partial charge < -0.3 is 9.64 Å². The zero-order chi connectivity index (χ0) is 15.1. The van der Waals surface area contributed by atoms with Gasteiger partial charge in [0.05, 0.1) is 7.11 Å². The number of halogens is 1. The number of methoxy groups -OCH3 is 1. The van der Waals surface area contributed by atoms with Crippen molar-refractivity contribution in [2.75, 3.05) is 20.7 Å². The molecule has 0 aliphatic rings. The molecule has 0 N–H and O–H groups in total. The van der Waals surface area contributed by atoms with Crippen LogP contribution < -0.4 is 0 Å². The van der Waals surface area contributed by atoms with Gasteiger partial charge in [-0.25, -0.2) is 0 Å². The fourth-order valence-electron chi connectivity index (χ4n) is 1.54. The maximum Gasteiger partial charge on any atom is 0.325 e. The molecule has 5 nitrogen and oxygen atoms in total. The number of rotatable bonds is 6. The van der Waals surface area contributed by atoms with Crippen molar-refractivity contribution in [2.45, 2.75) is 12.8 Å². The number of likely N-dealkylation sites (N-methyl/N-ethyl adjacent to an activating group) is 1. The van der Waals surface area contributed by atoms with Crippen LogP contribution in [0.4, 0.5) is 0 Å². The normalized spacial score (nSPS) is 9.95. The summed E-state index contributed by atoms with van der Waals surface area (Å²) in [6.45, 7) is -0.121. The van der Waals surface area contributed by atoms with Crippen molar-refractivity contribution in [3.05, 3.63) is 34.9 Å². The van der Waals surface area contributed by atoms with Gasteiger partial charge in [0.2, 0.25) is 5.91 Å². The molecule has 1 rings (SSSR count). The summed E-state index contributed by atoms with van der Waals surface area (Å²) in [5, 5.41) is 0.551. The Morgan fingerprint density at radius 2 is 1.75 bits per heavy atom. The highest BCUT2D eigenvalue weighted by Gasteiger charge is 2.15. The molecule has 0 atom stereocenters. The van der Waals surface area contributed by atoms with Gasteiger partial charge in [-0.05, 0) is 24.3 Å². The summed E-state index contributed by atoms with van der Waals surface area (Å²) in [7, 11) is 2.75.